The van der Waals surface area contributed by atoms with Gasteiger partial charge in [0.25, 0.3) is 0 Å². The number of carbonyl (C=O) groups excluding carboxylic acids is 3. The molecule has 2 rings (SSSR count). The van der Waals surface area contributed by atoms with Crippen LogP contribution >= 0.6 is 11.3 Å². The molecule has 25 heavy (non-hydrogen) atoms. The Labute approximate surface area is 149 Å². The van der Waals surface area contributed by atoms with E-state index in [1.165, 1.54) is 31.3 Å². The minimum atomic E-state index is -0.247. The summed E-state index contributed by atoms with van der Waals surface area (Å²) in [6.07, 6.45) is 3.16. The molecule has 0 saturated carbocycles. The molecule has 2 aromatic rings. The van der Waals surface area contributed by atoms with Crippen LogP contribution < -0.4 is 16.2 Å². The van der Waals surface area contributed by atoms with Crippen molar-refractivity contribution in [1.82, 2.24) is 10.4 Å². The van der Waals surface area contributed by atoms with Gasteiger partial charge in [0.1, 0.15) is 0 Å². The molecular formula is C17H18N4O3S. The second kappa shape index (κ2) is 8.20. The summed E-state index contributed by atoms with van der Waals surface area (Å²) in [6.45, 7) is 4.55. The number of rotatable bonds is 6. The highest BCUT2D eigenvalue weighted by Gasteiger charge is 2.13. The van der Waals surface area contributed by atoms with Gasteiger partial charge in [-0.05, 0) is 30.7 Å². The van der Waals surface area contributed by atoms with Gasteiger partial charge in [0.05, 0.1) is 10.6 Å². The van der Waals surface area contributed by atoms with Crippen molar-refractivity contribution >= 4 is 45.8 Å². The molecule has 1 aromatic heterocycles. The first kappa shape index (κ1) is 18.3. The summed E-state index contributed by atoms with van der Waals surface area (Å²) in [5.74, 6) is -0.553. The number of nitrogens with one attached hydrogen (secondary N) is 3. The molecule has 0 fully saturated rings. The van der Waals surface area contributed by atoms with Crippen molar-refractivity contribution in [1.29, 1.82) is 0 Å². The van der Waals surface area contributed by atoms with Crippen molar-refractivity contribution in [3.05, 3.63) is 46.5 Å². The standard InChI is InChI=1S/C17H18N4O3S/c1-10-16(25-17(18-10)21-20-12(3)23)15(24)9-6-13-4-7-14(8-5-13)19-11(2)22/h4-9H,1-3H3,(H,18,21)(H,19,22)(H,20,23)/b9-6-. The van der Waals surface area contributed by atoms with Crippen LogP contribution in [0.1, 0.15) is 34.8 Å². The maximum Gasteiger partial charge on any atom is 0.235 e. The number of aryl methyl sites for hydroxylation is 1. The molecule has 1 aromatic carbocycles. The van der Waals surface area contributed by atoms with Crippen LogP contribution in [-0.4, -0.2) is 22.6 Å². The molecule has 1 heterocycles. The van der Waals surface area contributed by atoms with E-state index in [2.05, 4.69) is 21.2 Å². The molecule has 130 valence electrons. The topological polar surface area (TPSA) is 100 Å². The maximum absolute atomic E-state index is 12.3. The highest BCUT2D eigenvalue weighted by molar-refractivity contribution is 7.17. The molecule has 0 radical (unpaired) electrons. The van der Waals surface area contributed by atoms with E-state index in [-0.39, 0.29) is 17.6 Å². The van der Waals surface area contributed by atoms with Gasteiger partial charge < -0.3 is 5.32 Å². The van der Waals surface area contributed by atoms with Crippen molar-refractivity contribution in [3.8, 4) is 0 Å². The van der Waals surface area contributed by atoms with Gasteiger partial charge in [0.15, 0.2) is 5.78 Å². The van der Waals surface area contributed by atoms with Crippen molar-refractivity contribution in [2.75, 3.05) is 10.7 Å². The Morgan fingerprint density at radius 1 is 1.08 bits per heavy atom. The molecule has 3 N–H and O–H groups in total. The van der Waals surface area contributed by atoms with E-state index in [9.17, 15) is 14.4 Å². The van der Waals surface area contributed by atoms with Gasteiger partial charge in [-0.2, -0.15) is 0 Å². The van der Waals surface area contributed by atoms with Gasteiger partial charge in [-0.15, -0.1) is 0 Å². The summed E-state index contributed by atoms with van der Waals surface area (Å²) in [4.78, 5) is 38.9. The van der Waals surface area contributed by atoms with E-state index in [4.69, 9.17) is 0 Å². The number of carbonyl (C=O) groups is 3. The van der Waals surface area contributed by atoms with E-state index in [0.717, 1.165) is 5.56 Å². The van der Waals surface area contributed by atoms with Crippen LogP contribution in [0.15, 0.2) is 30.3 Å². The molecule has 7 nitrogen and oxygen atoms in total. The number of allylic oxidation sites excluding steroid dienone is 1. The number of nitrogens with zero attached hydrogens (tertiary/aromatic N) is 1. The zero-order valence-electron chi connectivity index (χ0n) is 14.0. The van der Waals surface area contributed by atoms with Crippen molar-refractivity contribution in [2.24, 2.45) is 0 Å². The molecule has 8 heteroatoms. The summed E-state index contributed by atoms with van der Waals surface area (Å²) in [5.41, 5.74) is 7.19. The van der Waals surface area contributed by atoms with E-state index in [1.54, 1.807) is 37.3 Å². The molecule has 0 atom stereocenters. The van der Waals surface area contributed by atoms with Crippen molar-refractivity contribution in [2.45, 2.75) is 20.8 Å². The summed E-state index contributed by atoms with van der Waals surface area (Å²) in [7, 11) is 0. The molecule has 0 aliphatic heterocycles. The van der Waals surface area contributed by atoms with Crippen LogP contribution in [0.3, 0.4) is 0 Å². The minimum Gasteiger partial charge on any atom is -0.326 e. The molecule has 0 aliphatic rings. The molecule has 0 saturated heterocycles. The summed E-state index contributed by atoms with van der Waals surface area (Å²) in [5, 5.41) is 3.13. The van der Waals surface area contributed by atoms with Gasteiger partial charge in [0, 0.05) is 19.5 Å². The van der Waals surface area contributed by atoms with Crippen LogP contribution in [0.4, 0.5) is 10.8 Å². The van der Waals surface area contributed by atoms with E-state index < -0.39 is 0 Å². The molecule has 0 bridgehead atoms. The van der Waals surface area contributed by atoms with Gasteiger partial charge in [-0.3, -0.25) is 25.2 Å². The molecular weight excluding hydrogens is 340 g/mol. The van der Waals surface area contributed by atoms with E-state index in [0.29, 0.717) is 21.4 Å². The van der Waals surface area contributed by atoms with Gasteiger partial charge in [-0.25, -0.2) is 4.98 Å². The Morgan fingerprint density at radius 2 is 1.76 bits per heavy atom. The average Bonchev–Trinajstić information content (AvgIpc) is 2.92. The zero-order chi connectivity index (χ0) is 18.4. The van der Waals surface area contributed by atoms with Crippen LogP contribution in [0, 0.1) is 6.92 Å². The van der Waals surface area contributed by atoms with E-state index in [1.807, 2.05) is 0 Å². The van der Waals surface area contributed by atoms with Crippen molar-refractivity contribution in [3.63, 3.8) is 0 Å². The highest BCUT2D eigenvalue weighted by Crippen LogP contribution is 2.23. The third-order valence-corrected chi connectivity index (χ3v) is 4.11. The number of benzene rings is 1. The second-order valence-electron chi connectivity index (χ2n) is 5.24. The number of aromatic nitrogens is 1. The number of hydrogen-bond donors (Lipinski definition) is 3. The summed E-state index contributed by atoms with van der Waals surface area (Å²) >= 11 is 1.17. The minimum absolute atomic E-state index is 0.136. The third kappa shape index (κ3) is 5.54. The molecule has 0 spiro atoms. The number of amides is 2. The lowest BCUT2D eigenvalue weighted by Crippen LogP contribution is -2.26. The second-order valence-corrected chi connectivity index (χ2v) is 6.24. The fraction of sp³-hybridized carbons (Fsp3) is 0.176. The number of hydrogen-bond acceptors (Lipinski definition) is 6. The lowest BCUT2D eigenvalue weighted by atomic mass is 10.1. The molecule has 0 unspecified atom stereocenters. The summed E-state index contributed by atoms with van der Waals surface area (Å²) < 4.78 is 0. The fourth-order valence-corrected chi connectivity index (χ4v) is 2.79. The highest BCUT2D eigenvalue weighted by atomic mass is 32.1. The molecule has 0 aliphatic carbocycles. The van der Waals surface area contributed by atoms with Crippen molar-refractivity contribution < 1.29 is 14.4 Å². The van der Waals surface area contributed by atoms with Crippen LogP contribution in [0.25, 0.3) is 6.08 Å². The predicted octanol–water partition coefficient (Wildman–Crippen LogP) is 2.77. The maximum atomic E-state index is 12.3. The number of ketones is 1. The van der Waals surface area contributed by atoms with Gasteiger partial charge >= 0.3 is 0 Å². The number of thiazole rings is 1. The Morgan fingerprint density at radius 3 is 2.36 bits per heavy atom. The lowest BCUT2D eigenvalue weighted by molar-refractivity contribution is -0.118. The Balaban J connectivity index is 2.04. The zero-order valence-corrected chi connectivity index (χ0v) is 14.9. The summed E-state index contributed by atoms with van der Waals surface area (Å²) in [6, 6.07) is 7.13. The lowest BCUT2D eigenvalue weighted by Gasteiger charge is -2.01. The van der Waals surface area contributed by atoms with Crippen LogP contribution in [0.5, 0.6) is 0 Å². The first-order valence-electron chi connectivity index (χ1n) is 7.45. The van der Waals surface area contributed by atoms with E-state index >= 15 is 0 Å². The van der Waals surface area contributed by atoms with Crippen LogP contribution in [0.2, 0.25) is 0 Å². The van der Waals surface area contributed by atoms with Gasteiger partial charge in [0.2, 0.25) is 16.9 Å². The Kier molecular flexibility index (Phi) is 6.02. The first-order valence-corrected chi connectivity index (χ1v) is 8.27. The Bertz CT molecular complexity index is 825. The predicted molar refractivity (Wildman–Crippen MR) is 98.4 cm³/mol. The largest absolute Gasteiger partial charge is 0.326 e. The molecule has 2 amide bonds. The monoisotopic (exact) mass is 358 g/mol. The average molecular weight is 358 g/mol. The van der Waals surface area contributed by atoms with Crippen LogP contribution in [-0.2, 0) is 9.59 Å². The number of anilines is 2. The number of hydrazine groups is 1. The smallest absolute Gasteiger partial charge is 0.235 e. The Hall–Kier alpha value is -3.00. The normalized spacial score (nSPS) is 10.5. The fourth-order valence-electron chi connectivity index (χ4n) is 1.95. The first-order chi connectivity index (χ1) is 11.8. The SMILES string of the molecule is CC(=O)NNc1nc(C)c(C(=O)/C=C\c2ccc(NC(C)=O)cc2)s1. The van der Waals surface area contributed by atoms with Gasteiger partial charge in [-0.1, -0.05) is 29.5 Å². The quantitative estimate of drug-likeness (QED) is 0.419. The third-order valence-electron chi connectivity index (χ3n) is 3.02.